The van der Waals surface area contributed by atoms with Crippen molar-refractivity contribution in [3.63, 3.8) is 0 Å². The Balaban J connectivity index is 0.00000364. The van der Waals surface area contributed by atoms with Gasteiger partial charge in [-0.25, -0.2) is 4.99 Å². The van der Waals surface area contributed by atoms with E-state index in [0.29, 0.717) is 24.0 Å². The number of rotatable bonds is 6. The monoisotopic (exact) mass is 500 g/mol. The quantitative estimate of drug-likeness (QED) is 0.356. The number of hydrogen-bond acceptors (Lipinski definition) is 3. The third kappa shape index (κ3) is 9.00. The van der Waals surface area contributed by atoms with Crippen LogP contribution in [0.15, 0.2) is 29.3 Å². The van der Waals surface area contributed by atoms with E-state index in [1.165, 1.54) is 25.0 Å². The Labute approximate surface area is 175 Å². The second-order valence-corrected chi connectivity index (χ2v) is 6.50. The van der Waals surface area contributed by atoms with E-state index in [2.05, 4.69) is 32.3 Å². The highest BCUT2D eigenvalue weighted by atomic mass is 127. The smallest absolute Gasteiger partial charge is 0.405 e. The van der Waals surface area contributed by atoms with E-state index >= 15 is 0 Å². The van der Waals surface area contributed by atoms with E-state index in [1.54, 1.807) is 12.1 Å². The summed E-state index contributed by atoms with van der Waals surface area (Å²) < 4.78 is 41.6. The van der Waals surface area contributed by atoms with E-state index < -0.39 is 6.36 Å². The molecule has 0 radical (unpaired) electrons. The minimum Gasteiger partial charge on any atom is -0.405 e. The lowest BCUT2D eigenvalue weighted by Crippen LogP contribution is -2.43. The molecule has 0 aliphatic carbocycles. The predicted octanol–water partition coefficient (Wildman–Crippen LogP) is 3.60. The molecule has 1 fully saturated rings. The molecule has 9 heteroatoms. The Morgan fingerprint density at radius 1 is 1.30 bits per heavy atom. The molecule has 0 saturated carbocycles. The van der Waals surface area contributed by atoms with Crippen molar-refractivity contribution in [1.29, 1.82) is 0 Å². The van der Waals surface area contributed by atoms with E-state index in [9.17, 15) is 13.2 Å². The van der Waals surface area contributed by atoms with Gasteiger partial charge in [0.15, 0.2) is 5.96 Å². The van der Waals surface area contributed by atoms with Crippen LogP contribution in [0, 0.1) is 5.92 Å². The molecule has 1 heterocycles. The summed E-state index contributed by atoms with van der Waals surface area (Å²) in [5, 5.41) is 6.43. The van der Waals surface area contributed by atoms with E-state index in [-0.39, 0.29) is 36.3 Å². The number of ether oxygens (including phenoxy) is 1. The standard InChI is InChI=1S/C18H27F3N4O.HI/c1-3-22-17(23-11-14-7-6-10-25(2)13-14)24-12-15-8-4-5-9-16(15)26-18(19,20)21;/h4-5,8-9,14H,3,6-7,10-13H2,1-2H3,(H2,22,23,24);1H. The minimum absolute atomic E-state index is 0. The summed E-state index contributed by atoms with van der Waals surface area (Å²) in [6.07, 6.45) is -2.37. The number of para-hydroxylation sites is 1. The topological polar surface area (TPSA) is 48.9 Å². The van der Waals surface area contributed by atoms with Crippen LogP contribution in [0.4, 0.5) is 13.2 Å². The number of benzene rings is 1. The van der Waals surface area contributed by atoms with Crippen LogP contribution in [0.5, 0.6) is 5.75 Å². The van der Waals surface area contributed by atoms with Gasteiger partial charge in [-0.15, -0.1) is 37.1 Å². The summed E-state index contributed by atoms with van der Waals surface area (Å²) >= 11 is 0. The first kappa shape index (κ1) is 23.8. The summed E-state index contributed by atoms with van der Waals surface area (Å²) in [5.74, 6) is 0.925. The van der Waals surface area contributed by atoms with E-state index in [0.717, 1.165) is 19.6 Å². The Hall–Kier alpha value is -1.23. The summed E-state index contributed by atoms with van der Waals surface area (Å²) in [5.41, 5.74) is 0.388. The second-order valence-electron chi connectivity index (χ2n) is 6.50. The maximum Gasteiger partial charge on any atom is 0.573 e. The number of nitrogens with zero attached hydrogens (tertiary/aromatic N) is 2. The van der Waals surface area contributed by atoms with Crippen LogP contribution in [-0.4, -0.2) is 50.4 Å². The summed E-state index contributed by atoms with van der Waals surface area (Å²) in [4.78, 5) is 6.72. The maximum atomic E-state index is 12.5. The van der Waals surface area contributed by atoms with Crippen molar-refractivity contribution in [2.24, 2.45) is 10.9 Å². The van der Waals surface area contributed by atoms with Crippen LogP contribution in [0.3, 0.4) is 0 Å². The number of halogens is 4. The van der Waals surface area contributed by atoms with Crippen molar-refractivity contribution in [3.8, 4) is 5.75 Å². The van der Waals surface area contributed by atoms with E-state index in [4.69, 9.17) is 0 Å². The van der Waals surface area contributed by atoms with Crippen LogP contribution in [0.1, 0.15) is 25.3 Å². The van der Waals surface area contributed by atoms with Crippen molar-refractivity contribution in [1.82, 2.24) is 15.5 Å². The lowest BCUT2D eigenvalue weighted by molar-refractivity contribution is -0.274. The van der Waals surface area contributed by atoms with Crippen LogP contribution in [-0.2, 0) is 6.54 Å². The molecule has 1 aliphatic heterocycles. The number of guanidine groups is 1. The van der Waals surface area contributed by atoms with Gasteiger partial charge in [0, 0.05) is 25.2 Å². The molecule has 154 valence electrons. The number of aliphatic imine (C=N–C) groups is 1. The van der Waals surface area contributed by atoms with Crippen LogP contribution in [0.25, 0.3) is 0 Å². The van der Waals surface area contributed by atoms with Gasteiger partial charge in [-0.1, -0.05) is 18.2 Å². The Morgan fingerprint density at radius 2 is 2.04 bits per heavy atom. The number of nitrogens with one attached hydrogen (secondary N) is 2. The predicted molar refractivity (Wildman–Crippen MR) is 112 cm³/mol. The van der Waals surface area contributed by atoms with Crippen LogP contribution in [0.2, 0.25) is 0 Å². The van der Waals surface area contributed by atoms with Gasteiger partial charge < -0.3 is 20.3 Å². The van der Waals surface area contributed by atoms with Crippen LogP contribution >= 0.6 is 24.0 Å². The normalized spacial score (nSPS) is 18.6. The number of piperidine rings is 1. The largest absolute Gasteiger partial charge is 0.573 e. The average Bonchev–Trinajstić information content (AvgIpc) is 2.57. The molecule has 0 spiro atoms. The SMILES string of the molecule is CCNC(=NCc1ccccc1OC(F)(F)F)NCC1CCCN(C)C1.I. The molecule has 1 unspecified atom stereocenters. The Bertz CT molecular complexity index is 598. The number of alkyl halides is 3. The van der Waals surface area contributed by atoms with Gasteiger partial charge in [0.05, 0.1) is 6.54 Å². The zero-order chi connectivity index (χ0) is 19.0. The molecule has 5 nitrogen and oxygen atoms in total. The highest BCUT2D eigenvalue weighted by molar-refractivity contribution is 14.0. The van der Waals surface area contributed by atoms with Gasteiger partial charge in [0.2, 0.25) is 0 Å². The molecular formula is C18H28F3IN4O. The molecule has 2 rings (SSSR count). The summed E-state index contributed by atoms with van der Waals surface area (Å²) in [6, 6.07) is 6.07. The zero-order valence-corrected chi connectivity index (χ0v) is 18.0. The van der Waals surface area contributed by atoms with Crippen molar-refractivity contribution >= 4 is 29.9 Å². The molecule has 1 aliphatic rings. The second kappa shape index (κ2) is 11.6. The molecule has 27 heavy (non-hydrogen) atoms. The highest BCUT2D eigenvalue weighted by Crippen LogP contribution is 2.26. The van der Waals surface area contributed by atoms with Crippen LogP contribution < -0.4 is 15.4 Å². The summed E-state index contributed by atoms with van der Waals surface area (Å²) in [6.45, 7) is 5.68. The number of hydrogen-bond donors (Lipinski definition) is 2. The molecule has 2 N–H and O–H groups in total. The molecule has 0 bridgehead atoms. The third-order valence-electron chi connectivity index (χ3n) is 4.23. The van der Waals surface area contributed by atoms with Gasteiger partial charge in [-0.2, -0.15) is 0 Å². The van der Waals surface area contributed by atoms with Gasteiger partial charge in [0.25, 0.3) is 0 Å². The molecular weight excluding hydrogens is 472 g/mol. The molecule has 1 aromatic rings. The minimum atomic E-state index is -4.71. The molecule has 0 amide bonds. The number of likely N-dealkylation sites (tertiary alicyclic amines) is 1. The molecule has 0 aromatic heterocycles. The van der Waals surface area contributed by atoms with Gasteiger partial charge in [-0.05, 0) is 45.3 Å². The van der Waals surface area contributed by atoms with Crippen molar-refractivity contribution in [2.45, 2.75) is 32.7 Å². The van der Waals surface area contributed by atoms with Gasteiger partial charge in [-0.3, -0.25) is 0 Å². The first-order valence-corrected chi connectivity index (χ1v) is 8.91. The highest BCUT2D eigenvalue weighted by Gasteiger charge is 2.31. The fraction of sp³-hybridized carbons (Fsp3) is 0.611. The van der Waals surface area contributed by atoms with E-state index in [1.807, 2.05) is 6.92 Å². The third-order valence-corrected chi connectivity index (χ3v) is 4.23. The lowest BCUT2D eigenvalue weighted by atomic mass is 9.99. The molecule has 1 atom stereocenters. The average molecular weight is 500 g/mol. The summed E-state index contributed by atoms with van der Waals surface area (Å²) in [7, 11) is 2.11. The molecule has 1 aromatic carbocycles. The van der Waals surface area contributed by atoms with Crippen molar-refractivity contribution in [2.75, 3.05) is 33.2 Å². The fourth-order valence-electron chi connectivity index (χ4n) is 3.05. The van der Waals surface area contributed by atoms with Crippen molar-refractivity contribution < 1.29 is 17.9 Å². The van der Waals surface area contributed by atoms with Crippen molar-refractivity contribution in [3.05, 3.63) is 29.8 Å². The molecule has 1 saturated heterocycles. The zero-order valence-electron chi connectivity index (χ0n) is 15.7. The fourth-order valence-corrected chi connectivity index (χ4v) is 3.05. The Kier molecular flexibility index (Phi) is 10.2. The first-order valence-electron chi connectivity index (χ1n) is 8.91. The first-order chi connectivity index (χ1) is 12.4. The van der Waals surface area contributed by atoms with Gasteiger partial charge >= 0.3 is 6.36 Å². The van der Waals surface area contributed by atoms with Gasteiger partial charge in [0.1, 0.15) is 5.75 Å². The maximum absolute atomic E-state index is 12.5. The lowest BCUT2D eigenvalue weighted by Gasteiger charge is -2.30. The Morgan fingerprint density at radius 3 is 2.70 bits per heavy atom.